The molecule has 5 heteroatoms. The van der Waals surface area contributed by atoms with Gasteiger partial charge in [0.1, 0.15) is 5.82 Å². The van der Waals surface area contributed by atoms with Gasteiger partial charge in [-0.05, 0) is 19.9 Å². The lowest BCUT2D eigenvalue weighted by molar-refractivity contribution is -0.132. The number of carbonyl (C=O) groups is 1. The summed E-state index contributed by atoms with van der Waals surface area (Å²) < 4.78 is 13.6. The van der Waals surface area contributed by atoms with Crippen LogP contribution in [-0.2, 0) is 11.3 Å². The van der Waals surface area contributed by atoms with Gasteiger partial charge in [0.2, 0.25) is 5.91 Å². The van der Waals surface area contributed by atoms with E-state index in [0.29, 0.717) is 30.7 Å². The number of carbonyl (C=O) groups excluding carboxylic acids is 1. The molecular formula is C16H24FN3O. The number of rotatable bonds is 4. The average Bonchev–Trinajstić information content (AvgIpc) is 2.40. The van der Waals surface area contributed by atoms with Gasteiger partial charge in [0.15, 0.2) is 0 Å². The van der Waals surface area contributed by atoms with Crippen molar-refractivity contribution in [2.24, 2.45) is 0 Å². The number of nitrogens with zero attached hydrogens (tertiary/aromatic N) is 2. The molecule has 0 bridgehead atoms. The third-order valence-corrected chi connectivity index (χ3v) is 3.78. The minimum absolute atomic E-state index is 0.0274. The molecule has 0 spiro atoms. The van der Waals surface area contributed by atoms with Gasteiger partial charge in [-0.2, -0.15) is 0 Å². The van der Waals surface area contributed by atoms with Crippen LogP contribution in [0.15, 0.2) is 24.3 Å². The van der Waals surface area contributed by atoms with E-state index in [1.165, 1.54) is 6.07 Å². The first-order chi connectivity index (χ1) is 9.95. The van der Waals surface area contributed by atoms with Gasteiger partial charge < -0.3 is 10.2 Å². The third-order valence-electron chi connectivity index (χ3n) is 3.78. The number of piperazine rings is 1. The number of halogens is 1. The van der Waals surface area contributed by atoms with Crippen molar-refractivity contribution < 1.29 is 9.18 Å². The molecule has 1 heterocycles. The van der Waals surface area contributed by atoms with Crippen LogP contribution in [0, 0.1) is 5.82 Å². The Labute approximate surface area is 125 Å². The molecular weight excluding hydrogens is 269 g/mol. The largest absolute Gasteiger partial charge is 0.340 e. The van der Waals surface area contributed by atoms with Crippen LogP contribution in [0.4, 0.5) is 4.39 Å². The minimum Gasteiger partial charge on any atom is -0.340 e. The first kappa shape index (κ1) is 15.9. The lowest BCUT2D eigenvalue weighted by Gasteiger charge is -2.36. The van der Waals surface area contributed by atoms with Crippen molar-refractivity contribution in [1.29, 1.82) is 0 Å². The van der Waals surface area contributed by atoms with E-state index in [1.54, 1.807) is 30.1 Å². The first-order valence-corrected chi connectivity index (χ1v) is 7.41. The lowest BCUT2D eigenvalue weighted by Crippen LogP contribution is -2.56. The molecule has 2 rings (SSSR count). The van der Waals surface area contributed by atoms with Gasteiger partial charge in [0.05, 0.1) is 6.54 Å². The van der Waals surface area contributed by atoms with Crippen molar-refractivity contribution in [3.8, 4) is 0 Å². The second-order valence-corrected chi connectivity index (χ2v) is 6.00. The quantitative estimate of drug-likeness (QED) is 0.913. The van der Waals surface area contributed by atoms with Gasteiger partial charge in [-0.25, -0.2) is 4.39 Å². The maximum Gasteiger partial charge on any atom is 0.236 e. The van der Waals surface area contributed by atoms with Crippen LogP contribution in [0.3, 0.4) is 0 Å². The Morgan fingerprint density at radius 3 is 2.57 bits per heavy atom. The molecule has 1 fully saturated rings. The molecule has 2 unspecified atom stereocenters. The van der Waals surface area contributed by atoms with Crippen LogP contribution in [-0.4, -0.2) is 54.5 Å². The summed E-state index contributed by atoms with van der Waals surface area (Å²) in [5, 5.41) is 3.44. The minimum atomic E-state index is -0.262. The van der Waals surface area contributed by atoms with Gasteiger partial charge in [-0.1, -0.05) is 18.2 Å². The Kier molecular flexibility index (Phi) is 5.31. The number of hydrogen-bond acceptors (Lipinski definition) is 3. The number of benzene rings is 1. The molecule has 0 aliphatic carbocycles. The van der Waals surface area contributed by atoms with Crippen molar-refractivity contribution >= 4 is 5.91 Å². The summed E-state index contributed by atoms with van der Waals surface area (Å²) in [6, 6.07) is 7.36. The van der Waals surface area contributed by atoms with Gasteiger partial charge >= 0.3 is 0 Å². The van der Waals surface area contributed by atoms with Crippen LogP contribution in [0.5, 0.6) is 0 Å². The number of nitrogens with one attached hydrogen (secondary N) is 1. The molecule has 1 saturated heterocycles. The van der Waals surface area contributed by atoms with Crippen molar-refractivity contribution in [3.05, 3.63) is 35.6 Å². The Morgan fingerprint density at radius 1 is 1.33 bits per heavy atom. The Bertz CT molecular complexity index is 484. The molecule has 1 aromatic rings. The maximum atomic E-state index is 13.6. The summed E-state index contributed by atoms with van der Waals surface area (Å²) in [6.07, 6.45) is 0. The summed E-state index contributed by atoms with van der Waals surface area (Å²) >= 11 is 0. The zero-order chi connectivity index (χ0) is 15.4. The molecule has 4 nitrogen and oxygen atoms in total. The summed E-state index contributed by atoms with van der Waals surface area (Å²) in [4.78, 5) is 16.0. The smallest absolute Gasteiger partial charge is 0.236 e. The fraction of sp³-hybridized carbons (Fsp3) is 0.562. The summed E-state index contributed by atoms with van der Waals surface area (Å²) in [5.74, 6) is -0.235. The lowest BCUT2D eigenvalue weighted by atomic mass is 10.1. The maximum absolute atomic E-state index is 13.6. The van der Waals surface area contributed by atoms with E-state index in [9.17, 15) is 9.18 Å². The molecule has 0 saturated carbocycles. The highest BCUT2D eigenvalue weighted by Crippen LogP contribution is 2.10. The van der Waals surface area contributed by atoms with Crippen molar-refractivity contribution in [3.63, 3.8) is 0 Å². The highest BCUT2D eigenvalue weighted by molar-refractivity contribution is 5.78. The monoisotopic (exact) mass is 293 g/mol. The van der Waals surface area contributed by atoms with Crippen LogP contribution in [0.25, 0.3) is 0 Å². The normalized spacial score (nSPS) is 23.0. The molecule has 21 heavy (non-hydrogen) atoms. The Morgan fingerprint density at radius 2 is 1.95 bits per heavy atom. The van der Waals surface area contributed by atoms with E-state index in [4.69, 9.17) is 0 Å². The fourth-order valence-electron chi connectivity index (χ4n) is 2.85. The van der Waals surface area contributed by atoms with Crippen LogP contribution in [0.2, 0.25) is 0 Å². The van der Waals surface area contributed by atoms with Crippen LogP contribution >= 0.6 is 0 Å². The van der Waals surface area contributed by atoms with Crippen LogP contribution in [0.1, 0.15) is 19.4 Å². The molecule has 1 aliphatic rings. The van der Waals surface area contributed by atoms with Crippen molar-refractivity contribution in [1.82, 2.24) is 15.1 Å². The number of amides is 1. The second-order valence-electron chi connectivity index (χ2n) is 6.00. The molecule has 1 N–H and O–H groups in total. The first-order valence-electron chi connectivity index (χ1n) is 7.41. The second kappa shape index (κ2) is 7.00. The highest BCUT2D eigenvalue weighted by Gasteiger charge is 2.23. The molecule has 116 valence electrons. The van der Waals surface area contributed by atoms with E-state index in [2.05, 4.69) is 24.1 Å². The fourth-order valence-corrected chi connectivity index (χ4v) is 2.85. The topological polar surface area (TPSA) is 35.6 Å². The van der Waals surface area contributed by atoms with E-state index in [0.717, 1.165) is 13.1 Å². The predicted molar refractivity (Wildman–Crippen MR) is 81.4 cm³/mol. The van der Waals surface area contributed by atoms with Gasteiger partial charge in [0, 0.05) is 44.3 Å². The van der Waals surface area contributed by atoms with E-state index >= 15 is 0 Å². The highest BCUT2D eigenvalue weighted by atomic mass is 19.1. The average molecular weight is 293 g/mol. The molecule has 1 amide bonds. The van der Waals surface area contributed by atoms with Crippen molar-refractivity contribution in [2.75, 3.05) is 26.7 Å². The van der Waals surface area contributed by atoms with E-state index in [1.807, 2.05) is 0 Å². The molecule has 1 aliphatic heterocycles. The van der Waals surface area contributed by atoms with E-state index < -0.39 is 0 Å². The third kappa shape index (κ3) is 4.51. The van der Waals surface area contributed by atoms with Crippen LogP contribution < -0.4 is 5.32 Å². The number of hydrogen-bond donors (Lipinski definition) is 1. The predicted octanol–water partition coefficient (Wildman–Crippen LogP) is 1.47. The molecule has 0 radical (unpaired) electrons. The molecule has 1 aromatic carbocycles. The van der Waals surface area contributed by atoms with Crippen molar-refractivity contribution in [2.45, 2.75) is 32.5 Å². The summed E-state index contributed by atoms with van der Waals surface area (Å²) in [5.41, 5.74) is 0.551. The van der Waals surface area contributed by atoms with E-state index in [-0.39, 0.29) is 11.7 Å². The summed E-state index contributed by atoms with van der Waals surface area (Å²) in [7, 11) is 1.73. The Hall–Kier alpha value is -1.46. The standard InChI is InChI=1S/C16H24FN3O/c1-12-8-20(9-13(2)18-12)11-16(21)19(3)10-14-6-4-5-7-15(14)17/h4-7,12-13,18H,8-11H2,1-3H3. The zero-order valence-corrected chi connectivity index (χ0v) is 13.0. The number of likely N-dealkylation sites (N-methyl/N-ethyl adjacent to an activating group) is 1. The molecule has 2 atom stereocenters. The van der Waals surface area contributed by atoms with Gasteiger partial charge in [-0.15, -0.1) is 0 Å². The van der Waals surface area contributed by atoms with Gasteiger partial charge in [-0.3, -0.25) is 9.69 Å². The molecule has 0 aromatic heterocycles. The Balaban J connectivity index is 1.89. The summed E-state index contributed by atoms with van der Waals surface area (Å²) in [6.45, 7) is 6.67. The SMILES string of the molecule is CC1CN(CC(=O)N(C)Cc2ccccc2F)CC(C)N1. The van der Waals surface area contributed by atoms with Gasteiger partial charge in [0.25, 0.3) is 0 Å². The zero-order valence-electron chi connectivity index (χ0n) is 13.0.